The van der Waals surface area contributed by atoms with Crippen LogP contribution in [0.4, 0.5) is 0 Å². The lowest BCUT2D eigenvalue weighted by Crippen LogP contribution is -2.62. The van der Waals surface area contributed by atoms with E-state index in [0.717, 1.165) is 11.3 Å². The number of benzene rings is 2. The van der Waals surface area contributed by atoms with Gasteiger partial charge in [0.25, 0.3) is 5.91 Å². The van der Waals surface area contributed by atoms with Gasteiger partial charge in [-0.15, -0.1) is 0 Å². The van der Waals surface area contributed by atoms with Crippen molar-refractivity contribution in [3.05, 3.63) is 65.2 Å². The van der Waals surface area contributed by atoms with Crippen LogP contribution in [-0.4, -0.2) is 271 Å². The second kappa shape index (κ2) is 43.3. The first-order chi connectivity index (χ1) is 50.3. The van der Waals surface area contributed by atoms with Crippen molar-refractivity contribution in [2.24, 2.45) is 29.6 Å². The number of hydrogen-bond acceptors (Lipinski definition) is 15. The lowest BCUT2D eigenvalue weighted by Gasteiger charge is -2.38. The fourth-order valence-corrected chi connectivity index (χ4v) is 13.5. The van der Waals surface area contributed by atoms with E-state index in [1.807, 2.05) is 69.2 Å². The summed E-state index contributed by atoms with van der Waals surface area (Å²) in [6.07, 6.45) is 1.47. The van der Waals surface area contributed by atoms with Gasteiger partial charge in [0.1, 0.15) is 60.1 Å². The second-order valence-electron chi connectivity index (χ2n) is 31.0. The monoisotopic (exact) mass is 1500 g/mol. The normalized spacial score (nSPS) is 23.7. The quantitative estimate of drug-likeness (QED) is 0.0951. The van der Waals surface area contributed by atoms with Gasteiger partial charge in [-0.2, -0.15) is 0 Å². The van der Waals surface area contributed by atoms with Crippen LogP contribution in [0.3, 0.4) is 0 Å². The Labute approximate surface area is 635 Å². The Hall–Kier alpha value is -8.69. The summed E-state index contributed by atoms with van der Waals surface area (Å²) in [7, 11) is 11.3. The fraction of sp³-hybridized carbons (Fsp3) is 0.684. The van der Waals surface area contributed by atoms with Crippen molar-refractivity contribution in [3.8, 4) is 5.75 Å². The van der Waals surface area contributed by atoms with Gasteiger partial charge in [-0.1, -0.05) is 125 Å². The molecule has 2 fully saturated rings. The summed E-state index contributed by atoms with van der Waals surface area (Å²) in [5.74, 6) is -10.3. The van der Waals surface area contributed by atoms with Crippen molar-refractivity contribution in [3.63, 3.8) is 0 Å². The van der Waals surface area contributed by atoms with Gasteiger partial charge in [0, 0.05) is 75.4 Å². The van der Waals surface area contributed by atoms with Crippen LogP contribution in [0.15, 0.2) is 48.5 Å². The van der Waals surface area contributed by atoms with Gasteiger partial charge in [0.15, 0.2) is 0 Å². The van der Waals surface area contributed by atoms with Gasteiger partial charge in [-0.25, -0.2) is 0 Å². The number of nitrogens with zero attached hydrogens (tertiary/aromatic N) is 8. The highest BCUT2D eigenvalue weighted by molar-refractivity contribution is 6.00. The van der Waals surface area contributed by atoms with E-state index in [-0.39, 0.29) is 86.5 Å². The summed E-state index contributed by atoms with van der Waals surface area (Å²) in [4.78, 5) is 204. The number of carbonyl (C=O) groups excluding carboxylic acids is 13. The largest absolute Gasteiger partial charge is 0.496 e. The minimum atomic E-state index is -1.67. The van der Waals surface area contributed by atoms with E-state index in [1.54, 1.807) is 60.4 Å². The predicted molar refractivity (Wildman–Crippen MR) is 408 cm³/mol. The van der Waals surface area contributed by atoms with E-state index in [0.29, 0.717) is 56.3 Å². The van der Waals surface area contributed by atoms with Crippen LogP contribution in [0.25, 0.3) is 0 Å². The van der Waals surface area contributed by atoms with Crippen molar-refractivity contribution in [2.45, 2.75) is 233 Å². The molecule has 0 unspecified atom stereocenters. The Bertz CT molecular complexity index is 3340. The Balaban J connectivity index is 2.03. The maximum atomic E-state index is 15.7. The molecule has 11 atom stereocenters. The highest BCUT2D eigenvalue weighted by Gasteiger charge is 2.44. The molecule has 0 radical (unpaired) electrons. The van der Waals surface area contributed by atoms with Crippen molar-refractivity contribution in [1.29, 1.82) is 0 Å². The number of likely N-dealkylation sites (tertiary alicyclic amines) is 1. The molecule has 0 spiro atoms. The Morgan fingerprint density at radius 2 is 1.04 bits per heavy atom. The van der Waals surface area contributed by atoms with Crippen LogP contribution in [0, 0.1) is 29.6 Å². The summed E-state index contributed by atoms with van der Waals surface area (Å²) in [5.41, 5.74) is 1.48. The molecule has 2 aliphatic rings. The fourth-order valence-electron chi connectivity index (χ4n) is 13.5. The molecule has 28 heteroatoms. The summed E-state index contributed by atoms with van der Waals surface area (Å²) < 4.78 is 5.62. The zero-order chi connectivity index (χ0) is 80.4. The molecule has 0 aliphatic carbocycles. The number of unbranched alkanes of at least 4 members (excludes halogenated alkanes) is 1. The number of nitrogens with one attached hydrogen (secondary N) is 5. The molecule has 2 aromatic rings. The Morgan fingerprint density at radius 3 is 1.54 bits per heavy atom. The molecule has 0 saturated carbocycles. The van der Waals surface area contributed by atoms with Crippen molar-refractivity contribution in [2.75, 3.05) is 89.2 Å². The number of carbonyl (C=O) groups is 13. The third-order valence-electron chi connectivity index (χ3n) is 20.5. The molecular formula is C79H127N13O15. The summed E-state index contributed by atoms with van der Waals surface area (Å²) >= 11 is 0. The molecule has 13 amide bonds. The van der Waals surface area contributed by atoms with Crippen LogP contribution in [0.5, 0.6) is 5.75 Å². The summed E-state index contributed by atoms with van der Waals surface area (Å²) in [6, 6.07) is 1.46. The van der Waals surface area contributed by atoms with Crippen LogP contribution < -0.4 is 31.3 Å². The number of aryl methyl sites for hydroxylation is 1. The lowest BCUT2D eigenvalue weighted by atomic mass is 9.94. The third kappa shape index (κ3) is 26.3. The molecule has 0 aromatic heterocycles. The molecule has 4 rings (SSSR count). The molecule has 2 saturated heterocycles. The average molecular weight is 1500 g/mol. The molecule has 28 nitrogen and oxygen atoms in total. The molecule has 598 valence electrons. The maximum absolute atomic E-state index is 15.7. The topological polar surface area (TPSA) is 337 Å². The number of hydrogen-bond donors (Lipinski definition) is 6. The van der Waals surface area contributed by atoms with Crippen LogP contribution in [0.1, 0.15) is 182 Å². The highest BCUT2D eigenvalue weighted by atomic mass is 16.5. The maximum Gasteiger partial charge on any atom is 0.254 e. The molecule has 6 N–H and O–H groups in total. The van der Waals surface area contributed by atoms with Crippen LogP contribution in [0.2, 0.25) is 0 Å². The first-order valence-corrected chi connectivity index (χ1v) is 38.3. The second-order valence-corrected chi connectivity index (χ2v) is 31.0. The number of aliphatic hydroxyl groups is 1. The molecule has 2 aliphatic heterocycles. The van der Waals surface area contributed by atoms with Crippen LogP contribution in [-0.2, 0) is 70.4 Å². The smallest absolute Gasteiger partial charge is 0.254 e. The Morgan fingerprint density at radius 1 is 0.551 bits per heavy atom. The number of piperidine rings is 1. The molecule has 107 heavy (non-hydrogen) atoms. The van der Waals surface area contributed by atoms with Gasteiger partial charge in [-0.05, 0) is 124 Å². The first-order valence-electron chi connectivity index (χ1n) is 38.3. The van der Waals surface area contributed by atoms with Crippen molar-refractivity contribution >= 4 is 76.8 Å². The van der Waals surface area contributed by atoms with E-state index in [9.17, 15) is 33.9 Å². The number of aliphatic hydroxyl groups excluding tert-OH is 1. The lowest BCUT2D eigenvalue weighted by molar-refractivity contribution is -0.151. The standard InChI is InChI=1S/C79H127N13O15/c1-21-23-36-92-47-67(96)87(16)63(43-54-30-26-24-27-31-54)77(104)89(18)61(41-50(7)8)71(98)81-57(35-33-55-32-34-56(70(97)80-13)64(44-55)107-20)75(102)88(17)60(40-49(5)6)72(99)82-58(76(103)91-37-28-25-29-38-91)45-65(94)85(14)46-66(95)86(15)59(39-48(3)4)73(100)83-68(52(11)22-2)78(105)90(19)62(42-51(9)10)74(101)84-69(53(12)93)79(92)106/h24,26-27,30-32,34,44,48-53,57-63,68-69,93H,21-23,25,28-29,33,35-43,45-47H2,1-20H3,(H,80,97)(H,81,98)(H,82,99)(H,83,100)(H,84,101)/t52-,53+,57+,58-,59-,60-,61-,62-,63-,68-,69-/m0/s1. The van der Waals surface area contributed by atoms with Crippen molar-refractivity contribution < 1.29 is 72.2 Å². The van der Waals surface area contributed by atoms with Crippen molar-refractivity contribution in [1.82, 2.24) is 65.8 Å². The molecule has 2 heterocycles. The number of ether oxygens (including phenoxy) is 1. The number of amides is 13. The Kier molecular flexibility index (Phi) is 36.7. The van der Waals surface area contributed by atoms with Gasteiger partial charge >= 0.3 is 0 Å². The SMILES string of the molecule is CCCCN1CC(=O)N(C)[C@@H](Cc2ccccc2)C(=O)N(C)[C@@H](CC(C)C)C(=O)N[C@H](CCc2ccc(C(=O)NC)c(OC)c2)C(=O)N(C)[C@@H](CC(C)C)C(=O)N[C@H](C(=O)N2CCCCC2)CC(=O)N(C)CC(=O)N(C)[C@@H](CC(C)C)C(=O)N[C@@H]([C@@H](C)CC)C(=O)N(C)[C@@H](CC(C)C)C(=O)N[C@@H]([C@@H](C)O)C1=O. The number of methoxy groups -OCH3 is 1. The predicted octanol–water partition coefficient (Wildman–Crippen LogP) is 4.42. The minimum absolute atomic E-state index is 0.0227. The van der Waals surface area contributed by atoms with E-state index in [2.05, 4.69) is 26.6 Å². The first kappa shape index (κ1) is 90.7. The zero-order valence-electron chi connectivity index (χ0n) is 67.5. The van der Waals surface area contributed by atoms with E-state index < -0.39 is 163 Å². The van der Waals surface area contributed by atoms with Gasteiger partial charge in [-0.3, -0.25) is 62.3 Å². The summed E-state index contributed by atoms with van der Waals surface area (Å²) in [6.45, 7) is 21.0. The number of likely N-dealkylation sites (N-methyl/N-ethyl adjacent to an activating group) is 6. The number of rotatable bonds is 22. The zero-order valence-corrected chi connectivity index (χ0v) is 67.5. The van der Waals surface area contributed by atoms with Gasteiger partial charge in [0.05, 0.1) is 38.3 Å². The minimum Gasteiger partial charge on any atom is -0.496 e. The molecule has 2 aromatic carbocycles. The van der Waals surface area contributed by atoms with E-state index in [4.69, 9.17) is 4.74 Å². The summed E-state index contributed by atoms with van der Waals surface area (Å²) in [5, 5.41) is 25.6. The highest BCUT2D eigenvalue weighted by Crippen LogP contribution is 2.26. The van der Waals surface area contributed by atoms with Crippen LogP contribution >= 0.6 is 0 Å². The third-order valence-corrected chi connectivity index (χ3v) is 20.5. The average Bonchev–Trinajstić information content (AvgIpc) is 0.820. The van der Waals surface area contributed by atoms with Gasteiger partial charge < -0.3 is 75.6 Å². The molecule has 0 bridgehead atoms. The van der Waals surface area contributed by atoms with Gasteiger partial charge in [0.2, 0.25) is 70.9 Å². The van der Waals surface area contributed by atoms with E-state index in [1.165, 1.54) is 92.8 Å². The van der Waals surface area contributed by atoms with E-state index >= 15 is 33.6 Å². The molecular weight excluding hydrogens is 1370 g/mol.